The van der Waals surface area contributed by atoms with E-state index in [4.69, 9.17) is 0 Å². The molecule has 3 N–H and O–H groups in total. The summed E-state index contributed by atoms with van der Waals surface area (Å²) in [7, 11) is 0. The molecule has 4 nitrogen and oxygen atoms in total. The molecular formula is C21H32N3O+. The molecule has 2 saturated heterocycles. The van der Waals surface area contributed by atoms with Gasteiger partial charge in [-0.05, 0) is 57.1 Å². The van der Waals surface area contributed by atoms with Crippen LogP contribution in [0.2, 0.25) is 0 Å². The van der Waals surface area contributed by atoms with Gasteiger partial charge in [-0.15, -0.1) is 0 Å². The summed E-state index contributed by atoms with van der Waals surface area (Å²) in [6.07, 6.45) is 13.5. The fourth-order valence-electron chi connectivity index (χ4n) is 5.66. The fraction of sp³-hybridized carbons (Fsp3) is 0.667. The summed E-state index contributed by atoms with van der Waals surface area (Å²) in [5.74, 6) is 0. The summed E-state index contributed by atoms with van der Waals surface area (Å²) in [5, 5.41) is 6.23. The molecule has 2 atom stereocenters. The highest BCUT2D eigenvalue weighted by Gasteiger charge is 2.45. The number of amides is 2. The van der Waals surface area contributed by atoms with Crippen LogP contribution in [0.1, 0.15) is 64.2 Å². The Bertz CT molecular complexity index is 556. The number of rotatable bonds is 3. The highest BCUT2D eigenvalue weighted by molar-refractivity contribution is 5.89. The molecule has 2 heterocycles. The summed E-state index contributed by atoms with van der Waals surface area (Å²) >= 11 is 0. The van der Waals surface area contributed by atoms with Crippen LogP contribution in [0.3, 0.4) is 0 Å². The van der Waals surface area contributed by atoms with Crippen LogP contribution in [0.5, 0.6) is 0 Å². The summed E-state index contributed by atoms with van der Waals surface area (Å²) in [6.45, 7) is 0. The third-order valence-corrected chi connectivity index (χ3v) is 6.63. The van der Waals surface area contributed by atoms with Crippen LogP contribution in [-0.2, 0) is 0 Å². The second kappa shape index (κ2) is 7.77. The Morgan fingerprint density at radius 2 is 1.48 bits per heavy atom. The van der Waals surface area contributed by atoms with E-state index in [1.807, 2.05) is 35.2 Å². The number of benzene rings is 1. The van der Waals surface area contributed by atoms with Crippen molar-refractivity contribution in [3.63, 3.8) is 0 Å². The second-order valence-corrected chi connectivity index (χ2v) is 8.29. The summed E-state index contributed by atoms with van der Waals surface area (Å²) in [5.41, 5.74) is 0.866. The topological polar surface area (TPSA) is 45.6 Å². The van der Waals surface area contributed by atoms with Crippen molar-refractivity contribution in [3.8, 4) is 0 Å². The van der Waals surface area contributed by atoms with Crippen LogP contribution in [0.4, 0.5) is 10.5 Å². The first kappa shape index (κ1) is 16.9. The van der Waals surface area contributed by atoms with Gasteiger partial charge in [0.1, 0.15) is 0 Å². The average Bonchev–Trinajstić information content (AvgIpc) is 2.62. The van der Waals surface area contributed by atoms with Crippen molar-refractivity contribution in [1.29, 1.82) is 0 Å². The standard InChI is InChI=1S/C21H31N3O/c25-21(22-16-8-3-1-4-9-16)23-17-14-19-12-7-13-20(15-17)24(19)18-10-5-2-6-11-18/h1,3-4,8-9,17-20H,2,5-7,10-15H2,(H2,22,23,25)/p+1/t19-,20-/m1/s1. The molecule has 136 valence electrons. The zero-order valence-corrected chi connectivity index (χ0v) is 15.2. The smallest absolute Gasteiger partial charge is 0.319 e. The largest absolute Gasteiger partial charge is 0.335 e. The molecular weight excluding hydrogens is 310 g/mol. The van der Waals surface area contributed by atoms with Crippen molar-refractivity contribution in [2.75, 3.05) is 5.32 Å². The van der Waals surface area contributed by atoms with E-state index < -0.39 is 0 Å². The SMILES string of the molecule is O=C(Nc1ccccc1)NC1C[C@H]2CCC[C@H](C1)[NH+]2C1CCCCC1. The van der Waals surface area contributed by atoms with Crippen molar-refractivity contribution in [2.24, 2.45) is 0 Å². The van der Waals surface area contributed by atoms with Crippen molar-refractivity contribution < 1.29 is 9.69 Å². The molecule has 1 saturated carbocycles. The predicted molar refractivity (Wildman–Crippen MR) is 101 cm³/mol. The highest BCUT2D eigenvalue weighted by atomic mass is 16.2. The highest BCUT2D eigenvalue weighted by Crippen LogP contribution is 2.26. The Balaban J connectivity index is 1.35. The lowest BCUT2D eigenvalue weighted by atomic mass is 9.78. The zero-order valence-electron chi connectivity index (χ0n) is 15.2. The van der Waals surface area contributed by atoms with Gasteiger partial charge in [0.2, 0.25) is 0 Å². The Morgan fingerprint density at radius 1 is 0.840 bits per heavy atom. The molecule has 2 bridgehead atoms. The zero-order chi connectivity index (χ0) is 17.1. The molecule has 0 aromatic heterocycles. The van der Waals surface area contributed by atoms with Gasteiger partial charge in [0.15, 0.2) is 0 Å². The lowest BCUT2D eigenvalue weighted by molar-refractivity contribution is -0.984. The van der Waals surface area contributed by atoms with Gasteiger partial charge in [-0.1, -0.05) is 24.6 Å². The Morgan fingerprint density at radius 3 is 2.16 bits per heavy atom. The van der Waals surface area contributed by atoms with Crippen molar-refractivity contribution in [3.05, 3.63) is 30.3 Å². The van der Waals surface area contributed by atoms with Gasteiger partial charge in [0, 0.05) is 24.6 Å². The quantitative estimate of drug-likeness (QED) is 0.776. The minimum atomic E-state index is -0.0459. The first-order chi connectivity index (χ1) is 12.3. The maximum Gasteiger partial charge on any atom is 0.319 e. The van der Waals surface area contributed by atoms with E-state index in [2.05, 4.69) is 10.6 Å². The van der Waals surface area contributed by atoms with E-state index in [0.717, 1.165) is 36.7 Å². The molecule has 0 radical (unpaired) electrons. The number of piperidine rings is 2. The van der Waals surface area contributed by atoms with Crippen molar-refractivity contribution >= 4 is 11.7 Å². The number of fused-ring (bicyclic) bond motifs is 2. The van der Waals surface area contributed by atoms with Crippen LogP contribution in [0.25, 0.3) is 0 Å². The molecule has 25 heavy (non-hydrogen) atoms. The van der Waals surface area contributed by atoms with Gasteiger partial charge in [-0.2, -0.15) is 0 Å². The molecule has 1 aromatic carbocycles. The molecule has 0 spiro atoms. The number of urea groups is 1. The van der Waals surface area contributed by atoms with E-state index in [1.54, 1.807) is 0 Å². The van der Waals surface area contributed by atoms with E-state index >= 15 is 0 Å². The van der Waals surface area contributed by atoms with Gasteiger partial charge < -0.3 is 15.5 Å². The molecule has 4 rings (SSSR count). The Labute approximate surface area is 151 Å². The Kier molecular flexibility index (Phi) is 5.25. The van der Waals surface area contributed by atoms with Gasteiger partial charge >= 0.3 is 6.03 Å². The first-order valence-electron chi connectivity index (χ1n) is 10.3. The second-order valence-electron chi connectivity index (χ2n) is 8.29. The number of hydrogen-bond donors (Lipinski definition) is 3. The first-order valence-corrected chi connectivity index (χ1v) is 10.3. The molecule has 2 amide bonds. The molecule has 1 aromatic rings. The number of carbonyl (C=O) groups is 1. The summed E-state index contributed by atoms with van der Waals surface area (Å²) in [4.78, 5) is 14.3. The van der Waals surface area contributed by atoms with Crippen LogP contribution >= 0.6 is 0 Å². The van der Waals surface area contributed by atoms with Crippen LogP contribution in [-0.4, -0.2) is 30.2 Å². The number of carbonyl (C=O) groups excluding carboxylic acids is 1. The molecule has 3 aliphatic rings. The number of quaternary nitrogens is 1. The minimum Gasteiger partial charge on any atom is -0.335 e. The molecule has 0 unspecified atom stereocenters. The van der Waals surface area contributed by atoms with Crippen LogP contribution in [0.15, 0.2) is 30.3 Å². The van der Waals surface area contributed by atoms with Gasteiger partial charge in [-0.25, -0.2) is 4.79 Å². The van der Waals surface area contributed by atoms with Gasteiger partial charge in [0.25, 0.3) is 0 Å². The predicted octanol–water partition coefficient (Wildman–Crippen LogP) is 3.11. The van der Waals surface area contributed by atoms with Crippen molar-refractivity contribution in [2.45, 2.75) is 88.4 Å². The monoisotopic (exact) mass is 342 g/mol. The van der Waals surface area contributed by atoms with Crippen LogP contribution < -0.4 is 15.5 Å². The summed E-state index contributed by atoms with van der Waals surface area (Å²) < 4.78 is 0. The lowest BCUT2D eigenvalue weighted by Crippen LogP contribution is -3.24. The molecule has 1 aliphatic carbocycles. The minimum absolute atomic E-state index is 0.0459. The molecule has 2 aliphatic heterocycles. The maximum absolute atomic E-state index is 12.4. The molecule has 4 heteroatoms. The maximum atomic E-state index is 12.4. The average molecular weight is 343 g/mol. The number of hydrogen-bond acceptors (Lipinski definition) is 1. The number of anilines is 1. The van der Waals surface area contributed by atoms with E-state index in [-0.39, 0.29) is 6.03 Å². The fourth-order valence-corrected chi connectivity index (χ4v) is 5.66. The number of nitrogens with one attached hydrogen (secondary N) is 3. The van der Waals surface area contributed by atoms with E-state index in [9.17, 15) is 4.79 Å². The Hall–Kier alpha value is -1.55. The summed E-state index contributed by atoms with van der Waals surface area (Å²) in [6, 6.07) is 12.4. The third kappa shape index (κ3) is 4.00. The van der Waals surface area contributed by atoms with E-state index in [0.29, 0.717) is 6.04 Å². The normalized spacial score (nSPS) is 32.8. The lowest BCUT2D eigenvalue weighted by Gasteiger charge is -2.50. The van der Waals surface area contributed by atoms with Gasteiger partial charge in [0.05, 0.1) is 18.1 Å². The van der Waals surface area contributed by atoms with Crippen LogP contribution in [0, 0.1) is 0 Å². The third-order valence-electron chi connectivity index (χ3n) is 6.63. The molecule has 3 fully saturated rings. The van der Waals surface area contributed by atoms with E-state index in [1.165, 1.54) is 51.4 Å². The number of para-hydroxylation sites is 1. The van der Waals surface area contributed by atoms with Crippen molar-refractivity contribution in [1.82, 2.24) is 5.32 Å². The van der Waals surface area contributed by atoms with Gasteiger partial charge in [-0.3, -0.25) is 0 Å².